The Bertz CT molecular complexity index is 407. The van der Waals surface area contributed by atoms with Crippen molar-refractivity contribution in [3.8, 4) is 0 Å². The zero-order valence-corrected chi connectivity index (χ0v) is 11.0. The highest BCUT2D eigenvalue weighted by Gasteiger charge is 2.38. The summed E-state index contributed by atoms with van der Waals surface area (Å²) in [4.78, 5) is 11.8. The van der Waals surface area contributed by atoms with Crippen molar-refractivity contribution in [1.29, 1.82) is 0 Å². The van der Waals surface area contributed by atoms with E-state index in [2.05, 4.69) is 10.6 Å². The van der Waals surface area contributed by atoms with Gasteiger partial charge in [0.05, 0.1) is 12.7 Å². The first-order chi connectivity index (χ1) is 8.84. The van der Waals surface area contributed by atoms with Crippen molar-refractivity contribution in [2.75, 3.05) is 26.2 Å². The predicted octanol–water partition coefficient (Wildman–Crippen LogP) is 1.10. The van der Waals surface area contributed by atoms with E-state index in [9.17, 15) is 4.79 Å². The first-order valence-corrected chi connectivity index (χ1v) is 7.41. The highest BCUT2D eigenvalue weighted by molar-refractivity contribution is 7.08. The number of ether oxygens (including phenoxy) is 1. The molecule has 1 amide bonds. The van der Waals surface area contributed by atoms with Crippen molar-refractivity contribution >= 4 is 17.2 Å². The number of carbonyl (C=O) groups excluding carboxylic acids is 1. The predicted molar refractivity (Wildman–Crippen MR) is 70.9 cm³/mol. The second kappa shape index (κ2) is 5.38. The van der Waals surface area contributed by atoms with E-state index in [0.717, 1.165) is 25.3 Å². The van der Waals surface area contributed by atoms with E-state index >= 15 is 0 Å². The third-order valence-corrected chi connectivity index (χ3v) is 4.61. The van der Waals surface area contributed by atoms with Crippen LogP contribution in [0.2, 0.25) is 0 Å². The van der Waals surface area contributed by atoms with Crippen molar-refractivity contribution in [3.63, 3.8) is 0 Å². The first kappa shape index (κ1) is 12.1. The summed E-state index contributed by atoms with van der Waals surface area (Å²) in [5, 5.41) is 10.2. The molecule has 2 N–H and O–H groups in total. The molecule has 98 valence electrons. The molecule has 1 aromatic rings. The minimum atomic E-state index is 0.00655. The van der Waals surface area contributed by atoms with Gasteiger partial charge < -0.3 is 15.4 Å². The van der Waals surface area contributed by atoms with Gasteiger partial charge in [0.25, 0.3) is 5.91 Å². The molecular weight excluding hydrogens is 248 g/mol. The molecular formula is C13H18N2O2S. The Morgan fingerprint density at radius 1 is 1.61 bits per heavy atom. The molecule has 3 heterocycles. The lowest BCUT2D eigenvalue weighted by Gasteiger charge is -2.27. The fraction of sp³-hybridized carbons (Fsp3) is 0.615. The van der Waals surface area contributed by atoms with Crippen molar-refractivity contribution < 1.29 is 9.53 Å². The zero-order valence-electron chi connectivity index (χ0n) is 10.2. The lowest BCUT2D eigenvalue weighted by molar-refractivity contribution is 0.0777. The topological polar surface area (TPSA) is 50.4 Å². The number of nitrogens with one attached hydrogen (secondary N) is 2. The highest BCUT2D eigenvalue weighted by Crippen LogP contribution is 2.30. The molecule has 0 saturated carbocycles. The zero-order chi connectivity index (χ0) is 12.4. The molecule has 5 heteroatoms. The average Bonchev–Trinajstić information content (AvgIpc) is 3.06. The summed E-state index contributed by atoms with van der Waals surface area (Å²) in [6, 6.07) is 1.85. The van der Waals surface area contributed by atoms with Gasteiger partial charge in [0.15, 0.2) is 0 Å². The van der Waals surface area contributed by atoms with Gasteiger partial charge in [-0.05, 0) is 30.3 Å². The molecule has 2 saturated heterocycles. The van der Waals surface area contributed by atoms with Gasteiger partial charge in [-0.2, -0.15) is 11.3 Å². The number of hydrogen-bond donors (Lipinski definition) is 2. The van der Waals surface area contributed by atoms with E-state index in [0.29, 0.717) is 18.4 Å². The smallest absolute Gasteiger partial charge is 0.252 e. The van der Waals surface area contributed by atoms with Gasteiger partial charge in [-0.1, -0.05) is 0 Å². The molecule has 2 aliphatic heterocycles. The molecule has 4 nitrogen and oxygen atoms in total. The van der Waals surface area contributed by atoms with Crippen LogP contribution in [0.4, 0.5) is 0 Å². The minimum absolute atomic E-state index is 0.00655. The number of thiophene rings is 1. The maximum absolute atomic E-state index is 11.8. The number of piperidine rings is 1. The fourth-order valence-electron chi connectivity index (χ4n) is 2.85. The van der Waals surface area contributed by atoms with Gasteiger partial charge >= 0.3 is 0 Å². The Balaban J connectivity index is 1.53. The molecule has 2 aliphatic rings. The quantitative estimate of drug-likeness (QED) is 0.861. The van der Waals surface area contributed by atoms with E-state index < -0.39 is 0 Å². The van der Waals surface area contributed by atoms with Crippen molar-refractivity contribution in [1.82, 2.24) is 10.6 Å². The number of carbonyl (C=O) groups is 1. The minimum Gasteiger partial charge on any atom is -0.376 e. The van der Waals surface area contributed by atoms with E-state index in [1.54, 1.807) is 11.3 Å². The molecule has 3 rings (SSSR count). The van der Waals surface area contributed by atoms with Crippen LogP contribution in [0, 0.1) is 11.8 Å². The molecule has 0 spiro atoms. The molecule has 3 atom stereocenters. The third-order valence-electron chi connectivity index (χ3n) is 3.93. The summed E-state index contributed by atoms with van der Waals surface area (Å²) in [6.07, 6.45) is 1.37. The molecule has 1 aromatic heterocycles. The average molecular weight is 266 g/mol. The summed E-state index contributed by atoms with van der Waals surface area (Å²) >= 11 is 1.54. The monoisotopic (exact) mass is 266 g/mol. The standard InChI is InChI=1S/C13H18N2O2S/c16-13(10-2-4-18-8-10)15-6-12-11-5-14-3-1-9(11)7-17-12/h2,4,8-9,11-12,14H,1,3,5-7H2,(H,15,16)/t9-,11-,12+/m0/s1. The third kappa shape index (κ3) is 2.43. The second-order valence-electron chi connectivity index (χ2n) is 5.01. The van der Waals surface area contributed by atoms with Crippen LogP contribution in [0.25, 0.3) is 0 Å². The Morgan fingerprint density at radius 2 is 2.56 bits per heavy atom. The number of amides is 1. The molecule has 2 fully saturated rings. The Morgan fingerprint density at radius 3 is 3.39 bits per heavy atom. The van der Waals surface area contributed by atoms with Crippen LogP contribution in [-0.4, -0.2) is 38.3 Å². The lowest BCUT2D eigenvalue weighted by Crippen LogP contribution is -2.43. The molecule has 0 radical (unpaired) electrons. The van der Waals surface area contributed by atoms with Gasteiger partial charge in [0.1, 0.15) is 0 Å². The fourth-order valence-corrected chi connectivity index (χ4v) is 3.48. The first-order valence-electron chi connectivity index (χ1n) is 6.47. The van der Waals surface area contributed by atoms with E-state index in [1.807, 2.05) is 16.8 Å². The maximum atomic E-state index is 11.8. The van der Waals surface area contributed by atoms with Gasteiger partial charge in [-0.25, -0.2) is 0 Å². The molecule has 0 bridgehead atoms. The second-order valence-corrected chi connectivity index (χ2v) is 5.79. The summed E-state index contributed by atoms with van der Waals surface area (Å²) in [7, 11) is 0. The van der Waals surface area contributed by atoms with Gasteiger partial charge in [0.2, 0.25) is 0 Å². The summed E-state index contributed by atoms with van der Waals surface area (Å²) < 4.78 is 5.82. The van der Waals surface area contributed by atoms with Gasteiger partial charge in [-0.15, -0.1) is 0 Å². The van der Waals surface area contributed by atoms with Gasteiger partial charge in [0, 0.05) is 30.0 Å². The van der Waals surface area contributed by atoms with Crippen LogP contribution in [-0.2, 0) is 4.74 Å². The molecule has 0 aromatic carbocycles. The summed E-state index contributed by atoms with van der Waals surface area (Å²) in [5.74, 6) is 1.24. The van der Waals surface area contributed by atoms with E-state index in [1.165, 1.54) is 6.42 Å². The number of fused-ring (bicyclic) bond motifs is 1. The maximum Gasteiger partial charge on any atom is 0.252 e. The van der Waals surface area contributed by atoms with Crippen molar-refractivity contribution in [2.45, 2.75) is 12.5 Å². The van der Waals surface area contributed by atoms with Gasteiger partial charge in [-0.3, -0.25) is 4.79 Å². The Kier molecular flexibility index (Phi) is 3.63. The SMILES string of the molecule is O=C(NC[C@H]1OC[C@@H]2CCNC[C@@H]21)c1ccsc1. The molecule has 0 aliphatic carbocycles. The van der Waals surface area contributed by atoms with Crippen LogP contribution >= 0.6 is 11.3 Å². The summed E-state index contributed by atoms with van der Waals surface area (Å²) in [6.45, 7) is 3.59. The Labute approximate surface area is 111 Å². The van der Waals surface area contributed by atoms with Crippen LogP contribution in [0.1, 0.15) is 16.8 Å². The van der Waals surface area contributed by atoms with Crippen molar-refractivity contribution in [3.05, 3.63) is 22.4 Å². The molecule has 18 heavy (non-hydrogen) atoms. The number of hydrogen-bond acceptors (Lipinski definition) is 4. The Hall–Kier alpha value is -0.910. The lowest BCUT2D eigenvalue weighted by atomic mass is 9.85. The van der Waals surface area contributed by atoms with E-state index in [-0.39, 0.29) is 12.0 Å². The summed E-state index contributed by atoms with van der Waals surface area (Å²) in [5.41, 5.74) is 0.747. The van der Waals surface area contributed by atoms with Crippen LogP contribution in [0.3, 0.4) is 0 Å². The van der Waals surface area contributed by atoms with E-state index in [4.69, 9.17) is 4.74 Å². The van der Waals surface area contributed by atoms with Crippen LogP contribution in [0.5, 0.6) is 0 Å². The van der Waals surface area contributed by atoms with Crippen molar-refractivity contribution in [2.24, 2.45) is 11.8 Å². The molecule has 0 unspecified atom stereocenters. The normalized spacial score (nSPS) is 31.0. The largest absolute Gasteiger partial charge is 0.376 e. The van der Waals surface area contributed by atoms with Crippen LogP contribution in [0.15, 0.2) is 16.8 Å². The van der Waals surface area contributed by atoms with Crippen LogP contribution < -0.4 is 10.6 Å². The highest BCUT2D eigenvalue weighted by atomic mass is 32.1. The number of rotatable bonds is 3.